The van der Waals surface area contributed by atoms with Gasteiger partial charge in [0.2, 0.25) is 0 Å². The van der Waals surface area contributed by atoms with Crippen LogP contribution in [0.2, 0.25) is 0 Å². The van der Waals surface area contributed by atoms with Gasteiger partial charge in [-0.1, -0.05) is 6.07 Å². The monoisotopic (exact) mass is 772 g/mol. The number of carbonyl (C=O) groups excluding carboxylic acids is 3. The Hall–Kier alpha value is -5.29. The van der Waals surface area contributed by atoms with E-state index in [0.717, 1.165) is 16.8 Å². The normalized spacial score (nSPS) is 15.9. The fourth-order valence-electron chi connectivity index (χ4n) is 6.42. The van der Waals surface area contributed by atoms with Crippen LogP contribution in [0.15, 0.2) is 54.6 Å². The third kappa shape index (κ3) is 9.16. The molecule has 0 aliphatic carbocycles. The van der Waals surface area contributed by atoms with E-state index in [1.54, 1.807) is 26.8 Å². The van der Waals surface area contributed by atoms with Crippen molar-refractivity contribution in [3.8, 4) is 5.75 Å². The third-order valence-corrected chi connectivity index (χ3v) is 9.21. The number of nitrogens with one attached hydrogen (secondary N) is 1. The number of alkyl halides is 3. The summed E-state index contributed by atoms with van der Waals surface area (Å²) in [5.74, 6) is -5.06. The zero-order valence-electron chi connectivity index (χ0n) is 30.7. The van der Waals surface area contributed by atoms with Crippen LogP contribution in [0, 0.1) is 11.6 Å². The van der Waals surface area contributed by atoms with Gasteiger partial charge < -0.3 is 34.2 Å². The Labute approximate surface area is 313 Å². The summed E-state index contributed by atoms with van der Waals surface area (Å²) in [6, 6.07) is 11.2. The van der Waals surface area contributed by atoms with Crippen LogP contribution in [-0.2, 0) is 20.9 Å². The molecule has 1 aromatic heterocycles. The highest BCUT2D eigenvalue weighted by Crippen LogP contribution is 2.36. The van der Waals surface area contributed by atoms with Crippen molar-refractivity contribution in [3.63, 3.8) is 0 Å². The highest BCUT2D eigenvalue weighted by Gasteiger charge is 2.46. The van der Waals surface area contributed by atoms with E-state index in [9.17, 15) is 36.3 Å². The van der Waals surface area contributed by atoms with E-state index in [0.29, 0.717) is 42.3 Å². The average molecular weight is 773 g/mol. The number of piperazine rings is 1. The minimum atomic E-state index is -5.26. The van der Waals surface area contributed by atoms with Crippen LogP contribution < -0.4 is 19.9 Å². The van der Waals surface area contributed by atoms with Crippen molar-refractivity contribution >= 4 is 46.0 Å². The maximum Gasteiger partial charge on any atom is 0.471 e. The number of likely N-dealkylation sites (N-methyl/N-ethyl adjacent to an activating group) is 1. The van der Waals surface area contributed by atoms with Gasteiger partial charge in [-0.15, -0.1) is 5.10 Å². The summed E-state index contributed by atoms with van der Waals surface area (Å²) in [7, 11) is 1.96. The Balaban J connectivity index is 1.41. The van der Waals surface area contributed by atoms with Gasteiger partial charge in [-0.25, -0.2) is 13.6 Å². The fourth-order valence-corrected chi connectivity index (χ4v) is 6.42. The van der Waals surface area contributed by atoms with Crippen molar-refractivity contribution in [2.75, 3.05) is 61.6 Å². The molecular formula is C38H41F5N6O6. The maximum atomic E-state index is 14.3. The number of anilines is 3. The summed E-state index contributed by atoms with van der Waals surface area (Å²) in [6.07, 6.45) is -5.92. The highest BCUT2D eigenvalue weighted by molar-refractivity contribution is 6.14. The van der Waals surface area contributed by atoms with Crippen molar-refractivity contribution in [2.45, 2.75) is 58.0 Å². The molecule has 17 heteroatoms. The Morgan fingerprint density at radius 3 is 2.29 bits per heavy atom. The first kappa shape index (κ1) is 39.4. The summed E-state index contributed by atoms with van der Waals surface area (Å²) in [6.45, 7) is 7.59. The molecule has 2 amide bonds. The molecule has 2 saturated heterocycles. The van der Waals surface area contributed by atoms with Gasteiger partial charge in [0.1, 0.15) is 18.0 Å². The average Bonchev–Trinajstić information content (AvgIpc) is 3.49. The van der Waals surface area contributed by atoms with Crippen molar-refractivity contribution in [1.82, 2.24) is 14.7 Å². The number of rotatable bonds is 8. The lowest BCUT2D eigenvalue weighted by atomic mass is 10.0. The minimum absolute atomic E-state index is 0.111. The quantitative estimate of drug-likeness (QED) is 0.194. The second-order valence-electron chi connectivity index (χ2n) is 14.4. The molecule has 3 heterocycles. The number of benzene rings is 3. The molecule has 0 bridgehead atoms. The third-order valence-electron chi connectivity index (χ3n) is 9.21. The first-order valence-corrected chi connectivity index (χ1v) is 17.7. The molecule has 0 unspecified atom stereocenters. The first-order valence-electron chi connectivity index (χ1n) is 17.7. The van der Waals surface area contributed by atoms with Crippen LogP contribution in [-0.4, -0.2) is 96.8 Å². The molecule has 2 aliphatic rings. The van der Waals surface area contributed by atoms with E-state index in [2.05, 4.69) is 15.3 Å². The molecule has 55 heavy (non-hydrogen) atoms. The second kappa shape index (κ2) is 15.8. The standard InChI is InChI=1S/C38H41F5N6O6/c1-37(2,3)55-36(52)49-31-10-7-26(54-22-23-5-9-29(39)30(40)19-23)21-28(31)33(45-49)44-34(50)27-8-6-25(47-15-13-46(4)14-16-47)20-32(27)48(35(51)38(41,42)43)24-11-17-53-18-12-24/h5-10,19-21,24H,11-18,22H2,1-4H3,(H,44,45,50). The fraction of sp³-hybridized carbons (Fsp3) is 0.421. The Kier molecular flexibility index (Phi) is 11.3. The highest BCUT2D eigenvalue weighted by atomic mass is 19.4. The Morgan fingerprint density at radius 2 is 1.64 bits per heavy atom. The molecular weight excluding hydrogens is 731 g/mol. The van der Waals surface area contributed by atoms with Crippen LogP contribution in [0.1, 0.15) is 49.5 Å². The second-order valence-corrected chi connectivity index (χ2v) is 14.4. The van der Waals surface area contributed by atoms with Gasteiger partial charge >= 0.3 is 18.2 Å². The summed E-state index contributed by atoms with van der Waals surface area (Å²) in [5, 5.41) is 7.16. The lowest BCUT2D eigenvalue weighted by Gasteiger charge is -2.37. The topological polar surface area (TPSA) is 118 Å². The van der Waals surface area contributed by atoms with Gasteiger partial charge in [-0.05, 0) is 94.8 Å². The molecule has 0 spiro atoms. The van der Waals surface area contributed by atoms with Crippen molar-refractivity contribution in [1.29, 1.82) is 0 Å². The van der Waals surface area contributed by atoms with Gasteiger partial charge in [0, 0.05) is 56.5 Å². The number of nitrogens with zero attached hydrogens (tertiary/aromatic N) is 5. The number of halogens is 5. The number of carbonyl (C=O) groups is 3. The molecule has 294 valence electrons. The van der Waals surface area contributed by atoms with E-state index in [1.165, 1.54) is 36.4 Å². The molecule has 1 N–H and O–H groups in total. The van der Waals surface area contributed by atoms with Gasteiger partial charge in [0.15, 0.2) is 17.5 Å². The van der Waals surface area contributed by atoms with E-state index >= 15 is 0 Å². The number of amides is 2. The van der Waals surface area contributed by atoms with Gasteiger partial charge in [0.05, 0.1) is 16.8 Å². The lowest BCUT2D eigenvalue weighted by molar-refractivity contribution is -0.171. The molecule has 2 aliphatic heterocycles. The smallest absolute Gasteiger partial charge is 0.471 e. The van der Waals surface area contributed by atoms with E-state index in [4.69, 9.17) is 14.2 Å². The zero-order valence-corrected chi connectivity index (χ0v) is 30.7. The molecule has 12 nitrogen and oxygen atoms in total. The predicted octanol–water partition coefficient (Wildman–Crippen LogP) is 6.76. The van der Waals surface area contributed by atoms with Crippen LogP contribution in [0.25, 0.3) is 10.9 Å². The van der Waals surface area contributed by atoms with Crippen molar-refractivity contribution < 1.29 is 50.5 Å². The Bertz CT molecular complexity index is 2070. The zero-order chi connectivity index (χ0) is 39.7. The van der Waals surface area contributed by atoms with E-state index < -0.39 is 47.4 Å². The van der Waals surface area contributed by atoms with Gasteiger partial charge in [-0.3, -0.25) is 9.59 Å². The maximum absolute atomic E-state index is 14.3. The number of hydrogen-bond acceptors (Lipinski definition) is 9. The molecule has 0 atom stereocenters. The lowest BCUT2D eigenvalue weighted by Crippen LogP contribution is -2.50. The minimum Gasteiger partial charge on any atom is -0.489 e. The molecule has 3 aromatic carbocycles. The SMILES string of the molecule is CN1CCN(c2ccc(C(=O)Nc3nn(C(=O)OC(C)(C)C)c4ccc(OCc5ccc(F)c(F)c5)cc34)c(N(C(=O)C(F)(F)F)C3CCOCC3)c2)CC1. The largest absolute Gasteiger partial charge is 0.489 e. The summed E-state index contributed by atoms with van der Waals surface area (Å²) < 4.78 is 87.8. The summed E-state index contributed by atoms with van der Waals surface area (Å²) in [4.78, 5) is 45.5. The van der Waals surface area contributed by atoms with Crippen LogP contribution in [0.4, 0.5) is 43.9 Å². The first-order chi connectivity index (χ1) is 26.0. The van der Waals surface area contributed by atoms with Crippen LogP contribution in [0.3, 0.4) is 0 Å². The van der Waals surface area contributed by atoms with E-state index in [-0.39, 0.29) is 66.4 Å². The summed E-state index contributed by atoms with van der Waals surface area (Å²) >= 11 is 0. The number of aromatic nitrogens is 2. The number of fused-ring (bicyclic) bond motifs is 1. The van der Waals surface area contributed by atoms with Crippen LogP contribution >= 0.6 is 0 Å². The molecule has 2 fully saturated rings. The van der Waals surface area contributed by atoms with Crippen molar-refractivity contribution in [3.05, 3.63) is 77.4 Å². The number of ether oxygens (including phenoxy) is 3. The van der Waals surface area contributed by atoms with Crippen LogP contribution in [0.5, 0.6) is 5.75 Å². The van der Waals surface area contributed by atoms with Gasteiger partial charge in [-0.2, -0.15) is 17.9 Å². The molecule has 4 aromatic rings. The number of hydrogen-bond donors (Lipinski definition) is 1. The summed E-state index contributed by atoms with van der Waals surface area (Å²) in [5.41, 5.74) is -0.361. The molecule has 0 radical (unpaired) electrons. The van der Waals surface area contributed by atoms with Crippen molar-refractivity contribution in [2.24, 2.45) is 0 Å². The Morgan fingerprint density at radius 1 is 0.927 bits per heavy atom. The molecule has 6 rings (SSSR count). The molecule has 0 saturated carbocycles. The van der Waals surface area contributed by atoms with Gasteiger partial charge in [0.25, 0.3) is 5.91 Å². The van der Waals surface area contributed by atoms with E-state index in [1.807, 2.05) is 11.9 Å². The predicted molar refractivity (Wildman–Crippen MR) is 194 cm³/mol.